The lowest BCUT2D eigenvalue weighted by atomic mass is 9.92. The molecule has 3 fully saturated rings. The Kier molecular flexibility index (Phi) is 7.51. The minimum atomic E-state index is -0.757. The Morgan fingerprint density at radius 2 is 1.22 bits per heavy atom. The summed E-state index contributed by atoms with van der Waals surface area (Å²) >= 11 is 3.33. The molecule has 8 nitrogen and oxygen atoms in total. The molecule has 0 aromatic carbocycles. The number of esters is 1. The number of hydrogen-bond donors (Lipinski definition) is 0. The third kappa shape index (κ3) is 8.31. The number of carbonyl (C=O) groups excluding carboxylic acids is 1. The minimum absolute atomic E-state index is 0.142. The molecule has 3 unspecified atom stereocenters. The lowest BCUT2D eigenvalue weighted by molar-refractivity contribution is -0.158. The summed E-state index contributed by atoms with van der Waals surface area (Å²) in [5, 5.41) is 0. The number of ether oxygens (including phenoxy) is 7. The highest BCUT2D eigenvalue weighted by atomic mass is 79.9. The molecule has 0 aliphatic carbocycles. The average Bonchev–Trinajstić information content (AvgIpc) is 3.44. The number of epoxide rings is 3. The number of alkyl halides is 1. The molecule has 27 heavy (non-hydrogen) atoms. The van der Waals surface area contributed by atoms with Crippen LogP contribution in [0.2, 0.25) is 0 Å². The van der Waals surface area contributed by atoms with Crippen molar-refractivity contribution in [3.05, 3.63) is 0 Å². The monoisotopic (exact) mass is 452 g/mol. The van der Waals surface area contributed by atoms with Gasteiger partial charge in [-0.3, -0.25) is 4.79 Å². The summed E-state index contributed by atoms with van der Waals surface area (Å²) in [6.45, 7) is 8.40. The Labute approximate surface area is 168 Å². The van der Waals surface area contributed by atoms with Crippen molar-refractivity contribution >= 4 is 21.9 Å². The molecule has 3 aliphatic heterocycles. The summed E-state index contributed by atoms with van der Waals surface area (Å²) in [6, 6.07) is 0. The van der Waals surface area contributed by atoms with Crippen LogP contribution in [0.4, 0.5) is 0 Å². The first kappa shape index (κ1) is 21.4. The van der Waals surface area contributed by atoms with E-state index >= 15 is 0 Å². The highest BCUT2D eigenvalue weighted by Gasteiger charge is 2.38. The maximum Gasteiger partial charge on any atom is 0.322 e. The summed E-state index contributed by atoms with van der Waals surface area (Å²) in [7, 11) is 0. The van der Waals surface area contributed by atoms with E-state index in [-0.39, 0.29) is 30.9 Å². The normalized spacial score (nSPS) is 28.5. The van der Waals surface area contributed by atoms with Crippen molar-refractivity contribution in [1.82, 2.24) is 0 Å². The van der Waals surface area contributed by atoms with Gasteiger partial charge in [-0.15, -0.1) is 0 Å². The second-order valence-corrected chi connectivity index (χ2v) is 9.94. The second-order valence-electron chi connectivity index (χ2n) is 7.96. The second kappa shape index (κ2) is 9.47. The minimum Gasteiger partial charge on any atom is -0.464 e. The molecule has 0 spiro atoms. The molecule has 0 bridgehead atoms. The summed E-state index contributed by atoms with van der Waals surface area (Å²) in [6.07, 6.45) is 0.481. The van der Waals surface area contributed by atoms with Crippen molar-refractivity contribution in [3.8, 4) is 0 Å². The zero-order valence-corrected chi connectivity index (χ0v) is 17.5. The van der Waals surface area contributed by atoms with Crippen LogP contribution in [0.3, 0.4) is 0 Å². The van der Waals surface area contributed by atoms with Gasteiger partial charge in [-0.05, 0) is 13.8 Å². The van der Waals surface area contributed by atoms with E-state index in [0.29, 0.717) is 39.6 Å². The molecule has 0 saturated carbocycles. The van der Waals surface area contributed by atoms with Gasteiger partial charge in [0.25, 0.3) is 0 Å². The molecule has 9 heteroatoms. The van der Waals surface area contributed by atoms with Crippen LogP contribution >= 0.6 is 15.9 Å². The van der Waals surface area contributed by atoms with Crippen LogP contribution < -0.4 is 0 Å². The Bertz CT molecular complexity index is 437. The van der Waals surface area contributed by atoms with Gasteiger partial charge in [0.15, 0.2) is 0 Å². The number of rotatable bonds is 15. The molecule has 3 atom stereocenters. The fourth-order valence-electron chi connectivity index (χ4n) is 2.35. The Balaban J connectivity index is 1.56. The topological polar surface area (TPSA) is 91.6 Å². The zero-order chi connectivity index (χ0) is 19.3. The van der Waals surface area contributed by atoms with Crippen LogP contribution in [0.25, 0.3) is 0 Å². The fraction of sp³-hybridized carbons (Fsp3) is 0.944. The largest absolute Gasteiger partial charge is 0.464 e. The predicted octanol–water partition coefficient (Wildman–Crippen LogP) is 0.936. The van der Waals surface area contributed by atoms with Gasteiger partial charge in [0, 0.05) is 0 Å². The van der Waals surface area contributed by atoms with Gasteiger partial charge in [-0.25, -0.2) is 0 Å². The fourth-order valence-corrected chi connectivity index (χ4v) is 2.47. The van der Waals surface area contributed by atoms with Gasteiger partial charge in [0.05, 0.1) is 64.9 Å². The van der Waals surface area contributed by atoms with E-state index in [2.05, 4.69) is 15.9 Å². The average molecular weight is 453 g/mol. The van der Waals surface area contributed by atoms with E-state index in [0.717, 1.165) is 19.8 Å². The Morgan fingerprint density at radius 3 is 1.52 bits per heavy atom. The molecule has 3 rings (SSSR count). The molecule has 3 heterocycles. The first-order valence-corrected chi connectivity index (χ1v) is 10.1. The highest BCUT2D eigenvalue weighted by Crippen LogP contribution is 2.26. The predicted molar refractivity (Wildman–Crippen MR) is 98.1 cm³/mol. The number of halogens is 1. The van der Waals surface area contributed by atoms with Crippen molar-refractivity contribution in [2.24, 2.45) is 5.41 Å². The Morgan fingerprint density at radius 1 is 0.852 bits per heavy atom. The van der Waals surface area contributed by atoms with E-state index in [4.69, 9.17) is 33.2 Å². The molecular formula is C18H29BrO8. The highest BCUT2D eigenvalue weighted by molar-refractivity contribution is 9.10. The SMILES string of the molecule is CC(C)(Br)C(=O)OCC(COCC1CO1)(COCC1CO1)COCC1CO1. The third-order valence-corrected chi connectivity index (χ3v) is 4.66. The number of hydrogen-bond acceptors (Lipinski definition) is 8. The maximum atomic E-state index is 12.2. The molecule has 0 aromatic heterocycles. The zero-order valence-electron chi connectivity index (χ0n) is 15.9. The first-order valence-electron chi connectivity index (χ1n) is 9.30. The van der Waals surface area contributed by atoms with E-state index in [9.17, 15) is 4.79 Å². The smallest absolute Gasteiger partial charge is 0.322 e. The van der Waals surface area contributed by atoms with Crippen LogP contribution in [-0.2, 0) is 38.0 Å². The quantitative estimate of drug-likeness (QED) is 0.206. The molecular weight excluding hydrogens is 424 g/mol. The van der Waals surface area contributed by atoms with Gasteiger partial charge in [-0.1, -0.05) is 15.9 Å². The first-order chi connectivity index (χ1) is 12.9. The van der Waals surface area contributed by atoms with Gasteiger partial charge >= 0.3 is 5.97 Å². The van der Waals surface area contributed by atoms with Crippen molar-refractivity contribution in [2.75, 3.05) is 66.1 Å². The van der Waals surface area contributed by atoms with Gasteiger partial charge in [0.1, 0.15) is 29.2 Å². The van der Waals surface area contributed by atoms with Crippen LogP contribution in [0.1, 0.15) is 13.8 Å². The maximum absolute atomic E-state index is 12.2. The summed E-state index contributed by atoms with van der Waals surface area (Å²) in [5.74, 6) is -0.339. The van der Waals surface area contributed by atoms with Crippen LogP contribution in [0, 0.1) is 5.41 Å². The summed E-state index contributed by atoms with van der Waals surface area (Å²) in [4.78, 5) is 12.2. The molecule has 0 N–H and O–H groups in total. The Hall–Kier alpha value is -0.290. The van der Waals surface area contributed by atoms with Gasteiger partial charge < -0.3 is 33.2 Å². The van der Waals surface area contributed by atoms with Crippen molar-refractivity contribution in [1.29, 1.82) is 0 Å². The standard InChI is InChI=1S/C18H29BrO8/c1-17(2,19)16(20)27-12-18(9-21-3-13-6-24-13,10-22-4-14-7-25-14)11-23-5-15-8-26-15/h13-15H,3-12H2,1-2H3. The van der Waals surface area contributed by atoms with Crippen LogP contribution in [0.15, 0.2) is 0 Å². The van der Waals surface area contributed by atoms with Crippen LogP contribution in [0.5, 0.6) is 0 Å². The summed E-state index contributed by atoms with van der Waals surface area (Å²) in [5.41, 5.74) is -0.605. The number of carbonyl (C=O) groups is 1. The lowest BCUT2D eigenvalue weighted by Gasteiger charge is -2.33. The third-order valence-electron chi connectivity index (χ3n) is 4.34. The molecule has 3 aliphatic rings. The van der Waals surface area contributed by atoms with E-state index in [1.54, 1.807) is 13.8 Å². The lowest BCUT2D eigenvalue weighted by Crippen LogP contribution is -2.44. The molecule has 156 valence electrons. The van der Waals surface area contributed by atoms with Gasteiger partial charge in [0.2, 0.25) is 0 Å². The van der Waals surface area contributed by atoms with Gasteiger partial charge in [-0.2, -0.15) is 0 Å². The van der Waals surface area contributed by atoms with E-state index in [1.165, 1.54) is 0 Å². The molecule has 0 aromatic rings. The molecule has 3 saturated heterocycles. The van der Waals surface area contributed by atoms with Crippen molar-refractivity contribution in [3.63, 3.8) is 0 Å². The molecule has 0 radical (unpaired) electrons. The van der Waals surface area contributed by atoms with Crippen molar-refractivity contribution < 1.29 is 38.0 Å². The van der Waals surface area contributed by atoms with Crippen LogP contribution in [-0.4, -0.2) is 94.7 Å². The molecule has 0 amide bonds. The van der Waals surface area contributed by atoms with Crippen molar-refractivity contribution in [2.45, 2.75) is 36.5 Å². The summed E-state index contributed by atoms with van der Waals surface area (Å²) < 4.78 is 37.9. The van der Waals surface area contributed by atoms with E-state index in [1.807, 2.05) is 0 Å². The van der Waals surface area contributed by atoms with E-state index < -0.39 is 9.74 Å².